The van der Waals surface area contributed by atoms with E-state index in [-0.39, 0.29) is 17.2 Å². The van der Waals surface area contributed by atoms with Crippen molar-refractivity contribution in [2.75, 3.05) is 18.4 Å². The van der Waals surface area contributed by atoms with Crippen LogP contribution in [-0.2, 0) is 0 Å². The Morgan fingerprint density at radius 3 is 2.72 bits per heavy atom. The number of carbonyl (C=O) groups is 1. The van der Waals surface area contributed by atoms with Crippen LogP contribution in [0, 0.1) is 11.7 Å². The summed E-state index contributed by atoms with van der Waals surface area (Å²) >= 11 is 3.44. The number of hydrogen-bond acceptors (Lipinski definition) is 2. The number of piperidine rings is 1. The van der Waals surface area contributed by atoms with Crippen LogP contribution in [0.4, 0.5) is 4.39 Å². The molecule has 18 heavy (non-hydrogen) atoms. The molecule has 1 saturated heterocycles. The summed E-state index contributed by atoms with van der Waals surface area (Å²) in [6, 6.07) is 3.45. The minimum Gasteiger partial charge on any atom is -0.507 e. The molecule has 0 aliphatic carbocycles. The molecule has 1 amide bonds. The Morgan fingerprint density at radius 2 is 2.11 bits per heavy atom. The van der Waals surface area contributed by atoms with Crippen LogP contribution in [0.25, 0.3) is 0 Å². The molecule has 1 aliphatic heterocycles. The van der Waals surface area contributed by atoms with E-state index in [2.05, 4.69) is 15.9 Å². The number of amides is 1. The largest absolute Gasteiger partial charge is 0.507 e. The molecule has 0 radical (unpaired) electrons. The first-order valence-electron chi connectivity index (χ1n) is 5.95. The fourth-order valence-corrected chi connectivity index (χ4v) is 2.79. The molecule has 5 heteroatoms. The van der Waals surface area contributed by atoms with E-state index in [0.717, 1.165) is 30.3 Å². The highest BCUT2D eigenvalue weighted by molar-refractivity contribution is 9.09. The second kappa shape index (κ2) is 5.69. The van der Waals surface area contributed by atoms with Crippen LogP contribution >= 0.6 is 15.9 Å². The highest BCUT2D eigenvalue weighted by atomic mass is 79.9. The molecule has 0 bridgehead atoms. The van der Waals surface area contributed by atoms with E-state index < -0.39 is 5.82 Å². The van der Waals surface area contributed by atoms with Gasteiger partial charge in [-0.05, 0) is 37.0 Å². The molecule has 98 valence electrons. The van der Waals surface area contributed by atoms with Crippen LogP contribution in [-0.4, -0.2) is 34.3 Å². The number of aromatic hydroxyl groups is 1. The number of halogens is 2. The quantitative estimate of drug-likeness (QED) is 0.853. The van der Waals surface area contributed by atoms with Gasteiger partial charge in [0.05, 0.1) is 5.56 Å². The van der Waals surface area contributed by atoms with Gasteiger partial charge in [0.25, 0.3) is 5.91 Å². The van der Waals surface area contributed by atoms with Crippen molar-refractivity contribution in [3.63, 3.8) is 0 Å². The van der Waals surface area contributed by atoms with E-state index in [9.17, 15) is 14.3 Å². The van der Waals surface area contributed by atoms with Crippen molar-refractivity contribution >= 4 is 21.8 Å². The maximum atomic E-state index is 13.1. The second-order valence-corrected chi connectivity index (χ2v) is 5.20. The Kier molecular flexibility index (Phi) is 4.22. The number of alkyl halides is 1. The average molecular weight is 316 g/mol. The van der Waals surface area contributed by atoms with Gasteiger partial charge in [-0.15, -0.1) is 0 Å². The van der Waals surface area contributed by atoms with Gasteiger partial charge in [0.1, 0.15) is 11.6 Å². The Hall–Kier alpha value is -1.10. The Bertz CT molecular complexity index is 445. The van der Waals surface area contributed by atoms with Gasteiger partial charge in [-0.1, -0.05) is 15.9 Å². The highest BCUT2D eigenvalue weighted by Crippen LogP contribution is 2.24. The summed E-state index contributed by atoms with van der Waals surface area (Å²) in [7, 11) is 0. The minimum atomic E-state index is -0.508. The Balaban J connectivity index is 2.10. The number of rotatable bonds is 2. The molecule has 0 unspecified atom stereocenters. The van der Waals surface area contributed by atoms with E-state index in [4.69, 9.17) is 0 Å². The number of likely N-dealkylation sites (tertiary alicyclic amines) is 1. The molecule has 0 aromatic heterocycles. The van der Waals surface area contributed by atoms with Crippen LogP contribution in [0.2, 0.25) is 0 Å². The maximum absolute atomic E-state index is 13.1. The fourth-order valence-electron chi connectivity index (χ4n) is 2.14. The molecule has 2 rings (SSSR count). The lowest BCUT2D eigenvalue weighted by Crippen LogP contribution is -2.38. The molecule has 1 aromatic carbocycles. The molecule has 1 fully saturated rings. The lowest BCUT2D eigenvalue weighted by molar-refractivity contribution is 0.0695. The molecular weight excluding hydrogens is 301 g/mol. The summed E-state index contributed by atoms with van der Waals surface area (Å²) in [5.41, 5.74) is 0.0484. The van der Waals surface area contributed by atoms with Crippen molar-refractivity contribution < 1.29 is 14.3 Å². The minimum absolute atomic E-state index is 0.0484. The number of carbonyl (C=O) groups excluding carboxylic acids is 1. The molecule has 1 heterocycles. The van der Waals surface area contributed by atoms with E-state index in [1.54, 1.807) is 4.90 Å². The standard InChI is InChI=1S/C13H15BrFNO2/c14-8-9-3-5-16(6-4-9)13(18)11-7-10(15)1-2-12(11)17/h1-2,7,9,17H,3-6,8H2. The second-order valence-electron chi connectivity index (χ2n) is 4.55. The zero-order valence-corrected chi connectivity index (χ0v) is 11.5. The Morgan fingerprint density at radius 1 is 1.44 bits per heavy atom. The van der Waals surface area contributed by atoms with Gasteiger partial charge in [0.2, 0.25) is 0 Å². The summed E-state index contributed by atoms with van der Waals surface area (Å²) in [4.78, 5) is 13.8. The zero-order valence-electron chi connectivity index (χ0n) is 9.90. The lowest BCUT2D eigenvalue weighted by atomic mass is 9.98. The van der Waals surface area contributed by atoms with Crippen molar-refractivity contribution in [1.82, 2.24) is 4.90 Å². The number of phenolic OH excluding ortho intramolecular Hbond substituents is 1. The van der Waals surface area contributed by atoms with Crippen LogP contribution in [0.1, 0.15) is 23.2 Å². The maximum Gasteiger partial charge on any atom is 0.257 e. The van der Waals surface area contributed by atoms with Crippen molar-refractivity contribution in [1.29, 1.82) is 0 Å². The first kappa shape index (κ1) is 13.3. The summed E-state index contributed by atoms with van der Waals surface area (Å²) in [5.74, 6) is -0.370. The molecular formula is C13H15BrFNO2. The van der Waals surface area contributed by atoms with Gasteiger partial charge in [-0.2, -0.15) is 0 Å². The average Bonchev–Trinajstić information content (AvgIpc) is 2.41. The van der Waals surface area contributed by atoms with Crippen LogP contribution in [0.5, 0.6) is 5.75 Å². The van der Waals surface area contributed by atoms with Crippen molar-refractivity contribution in [2.45, 2.75) is 12.8 Å². The van der Waals surface area contributed by atoms with E-state index >= 15 is 0 Å². The Labute approximate surface area is 114 Å². The van der Waals surface area contributed by atoms with Crippen LogP contribution in [0.3, 0.4) is 0 Å². The van der Waals surface area contributed by atoms with Gasteiger partial charge < -0.3 is 10.0 Å². The third kappa shape index (κ3) is 2.83. The predicted octanol–water partition coefficient (Wildman–Crippen LogP) is 2.78. The molecule has 3 nitrogen and oxygen atoms in total. The molecule has 1 aliphatic rings. The topological polar surface area (TPSA) is 40.5 Å². The highest BCUT2D eigenvalue weighted by Gasteiger charge is 2.24. The normalized spacial score (nSPS) is 16.9. The summed E-state index contributed by atoms with van der Waals surface area (Å²) in [6.07, 6.45) is 1.88. The molecule has 1 aromatic rings. The van der Waals surface area contributed by atoms with E-state index in [1.807, 2.05) is 0 Å². The first-order chi connectivity index (χ1) is 8.61. The van der Waals surface area contributed by atoms with Crippen LogP contribution < -0.4 is 0 Å². The number of nitrogens with zero attached hydrogens (tertiary/aromatic N) is 1. The smallest absolute Gasteiger partial charge is 0.257 e. The third-order valence-corrected chi connectivity index (χ3v) is 4.22. The molecule has 1 N–H and O–H groups in total. The van der Waals surface area contributed by atoms with Gasteiger partial charge in [0.15, 0.2) is 0 Å². The number of phenols is 1. The SMILES string of the molecule is O=C(c1cc(F)ccc1O)N1CCC(CBr)CC1. The van der Waals surface area contributed by atoms with Crippen molar-refractivity contribution in [2.24, 2.45) is 5.92 Å². The van der Waals surface area contributed by atoms with E-state index in [1.165, 1.54) is 6.07 Å². The first-order valence-corrected chi connectivity index (χ1v) is 7.07. The van der Waals surface area contributed by atoms with Gasteiger partial charge in [-0.25, -0.2) is 4.39 Å². The summed E-state index contributed by atoms with van der Waals surface area (Å²) < 4.78 is 13.1. The van der Waals surface area contributed by atoms with Crippen molar-refractivity contribution in [3.8, 4) is 5.75 Å². The number of hydrogen-bond donors (Lipinski definition) is 1. The fraction of sp³-hybridized carbons (Fsp3) is 0.462. The summed E-state index contributed by atoms with van der Waals surface area (Å²) in [5, 5.41) is 10.6. The lowest BCUT2D eigenvalue weighted by Gasteiger charge is -2.31. The van der Waals surface area contributed by atoms with Crippen molar-refractivity contribution in [3.05, 3.63) is 29.6 Å². The zero-order chi connectivity index (χ0) is 13.1. The monoisotopic (exact) mass is 315 g/mol. The van der Waals surface area contributed by atoms with E-state index in [0.29, 0.717) is 19.0 Å². The summed E-state index contributed by atoms with van der Waals surface area (Å²) in [6.45, 7) is 1.32. The molecule has 0 atom stereocenters. The van der Waals surface area contributed by atoms with Gasteiger partial charge >= 0.3 is 0 Å². The van der Waals surface area contributed by atoms with Gasteiger partial charge in [0, 0.05) is 18.4 Å². The molecule has 0 saturated carbocycles. The number of benzene rings is 1. The predicted molar refractivity (Wildman–Crippen MR) is 70.5 cm³/mol. The third-order valence-electron chi connectivity index (χ3n) is 3.31. The molecule has 0 spiro atoms. The van der Waals surface area contributed by atoms with Crippen LogP contribution in [0.15, 0.2) is 18.2 Å². The van der Waals surface area contributed by atoms with Gasteiger partial charge in [-0.3, -0.25) is 4.79 Å².